The lowest BCUT2D eigenvalue weighted by Crippen LogP contribution is -2.19. The molecule has 0 radical (unpaired) electrons. The summed E-state index contributed by atoms with van der Waals surface area (Å²) in [5, 5.41) is 3.45. The molecule has 0 aliphatic rings. The number of rotatable bonds is 8. The van der Waals surface area contributed by atoms with Gasteiger partial charge in [0.1, 0.15) is 0 Å². The van der Waals surface area contributed by atoms with E-state index in [-0.39, 0.29) is 5.97 Å². The largest absolute Gasteiger partial charge is 0.465 e. The molecule has 22 heavy (non-hydrogen) atoms. The molecule has 3 nitrogen and oxygen atoms in total. The molecule has 0 saturated carbocycles. The molecule has 2 aromatic rings. The predicted molar refractivity (Wildman–Crippen MR) is 89.1 cm³/mol. The van der Waals surface area contributed by atoms with Crippen LogP contribution in [0.25, 0.3) is 0 Å². The molecule has 0 fully saturated rings. The van der Waals surface area contributed by atoms with Crippen molar-refractivity contribution in [3.63, 3.8) is 0 Å². The fraction of sp³-hybridized carbons (Fsp3) is 0.316. The van der Waals surface area contributed by atoms with Gasteiger partial charge in [-0.1, -0.05) is 42.5 Å². The Morgan fingerprint density at radius 2 is 1.73 bits per heavy atom. The van der Waals surface area contributed by atoms with Crippen molar-refractivity contribution in [2.24, 2.45) is 0 Å². The SMILES string of the molecule is COC(=O)c1cccc(CCNCCCc2ccccc2)c1. The number of hydrogen-bond donors (Lipinski definition) is 1. The first kappa shape index (κ1) is 16.2. The molecule has 0 aliphatic heterocycles. The maximum atomic E-state index is 11.5. The Labute approximate surface area is 132 Å². The number of nitrogens with one attached hydrogen (secondary N) is 1. The molecule has 3 heteroatoms. The van der Waals surface area contributed by atoms with Gasteiger partial charge in [0, 0.05) is 0 Å². The number of esters is 1. The van der Waals surface area contributed by atoms with Crippen LogP contribution in [0.4, 0.5) is 0 Å². The summed E-state index contributed by atoms with van der Waals surface area (Å²) in [5.74, 6) is -0.280. The number of methoxy groups -OCH3 is 1. The van der Waals surface area contributed by atoms with Gasteiger partial charge in [0.2, 0.25) is 0 Å². The van der Waals surface area contributed by atoms with Gasteiger partial charge in [-0.3, -0.25) is 0 Å². The highest BCUT2D eigenvalue weighted by atomic mass is 16.5. The third kappa shape index (κ3) is 5.34. The fourth-order valence-corrected chi connectivity index (χ4v) is 2.39. The van der Waals surface area contributed by atoms with Crippen molar-refractivity contribution in [3.8, 4) is 0 Å². The van der Waals surface area contributed by atoms with Gasteiger partial charge in [-0.25, -0.2) is 4.79 Å². The molecule has 0 saturated heterocycles. The molecule has 0 atom stereocenters. The summed E-state index contributed by atoms with van der Waals surface area (Å²) in [6, 6.07) is 18.2. The topological polar surface area (TPSA) is 38.3 Å². The zero-order valence-electron chi connectivity index (χ0n) is 13.0. The third-order valence-corrected chi connectivity index (χ3v) is 3.60. The summed E-state index contributed by atoms with van der Waals surface area (Å²) in [5.41, 5.74) is 3.15. The second kappa shape index (κ2) is 9.00. The van der Waals surface area contributed by atoms with Crippen LogP contribution in [0.1, 0.15) is 27.9 Å². The molecular formula is C19H23NO2. The second-order valence-electron chi connectivity index (χ2n) is 5.28. The summed E-state index contributed by atoms with van der Waals surface area (Å²) >= 11 is 0. The van der Waals surface area contributed by atoms with Crippen LogP contribution in [0.2, 0.25) is 0 Å². The van der Waals surface area contributed by atoms with Gasteiger partial charge in [0.15, 0.2) is 0 Å². The first-order chi connectivity index (χ1) is 10.8. The van der Waals surface area contributed by atoms with E-state index in [0.29, 0.717) is 5.56 Å². The monoisotopic (exact) mass is 297 g/mol. The maximum Gasteiger partial charge on any atom is 0.337 e. The van der Waals surface area contributed by atoms with E-state index >= 15 is 0 Å². The number of carbonyl (C=O) groups is 1. The van der Waals surface area contributed by atoms with Crippen LogP contribution in [0.3, 0.4) is 0 Å². The van der Waals surface area contributed by atoms with E-state index in [9.17, 15) is 4.79 Å². The van der Waals surface area contributed by atoms with Crippen molar-refractivity contribution >= 4 is 5.97 Å². The summed E-state index contributed by atoms with van der Waals surface area (Å²) in [7, 11) is 1.41. The van der Waals surface area contributed by atoms with E-state index in [1.807, 2.05) is 24.3 Å². The molecule has 2 aromatic carbocycles. The zero-order chi connectivity index (χ0) is 15.6. The summed E-state index contributed by atoms with van der Waals surface area (Å²) in [4.78, 5) is 11.5. The van der Waals surface area contributed by atoms with E-state index < -0.39 is 0 Å². The molecular weight excluding hydrogens is 274 g/mol. The summed E-state index contributed by atoms with van der Waals surface area (Å²) in [6.07, 6.45) is 3.15. The lowest BCUT2D eigenvalue weighted by Gasteiger charge is -2.06. The van der Waals surface area contributed by atoms with Crippen molar-refractivity contribution < 1.29 is 9.53 Å². The van der Waals surface area contributed by atoms with Gasteiger partial charge in [-0.15, -0.1) is 0 Å². The quantitative estimate of drug-likeness (QED) is 0.600. The lowest BCUT2D eigenvalue weighted by molar-refractivity contribution is 0.0600. The van der Waals surface area contributed by atoms with Crippen molar-refractivity contribution in [2.45, 2.75) is 19.3 Å². The highest BCUT2D eigenvalue weighted by molar-refractivity contribution is 5.89. The number of carbonyl (C=O) groups excluding carboxylic acids is 1. The lowest BCUT2D eigenvalue weighted by atomic mass is 10.1. The van der Waals surface area contributed by atoms with E-state index in [4.69, 9.17) is 4.74 Å². The Hall–Kier alpha value is -2.13. The van der Waals surface area contributed by atoms with Crippen LogP contribution >= 0.6 is 0 Å². The van der Waals surface area contributed by atoms with Crippen molar-refractivity contribution in [1.29, 1.82) is 0 Å². The Morgan fingerprint density at radius 3 is 2.50 bits per heavy atom. The van der Waals surface area contributed by atoms with Crippen LogP contribution in [-0.4, -0.2) is 26.2 Å². The molecule has 0 unspecified atom stereocenters. The van der Waals surface area contributed by atoms with Crippen LogP contribution in [0.5, 0.6) is 0 Å². The molecule has 116 valence electrons. The number of aryl methyl sites for hydroxylation is 1. The molecule has 0 aliphatic carbocycles. The molecule has 0 spiro atoms. The predicted octanol–water partition coefficient (Wildman–Crippen LogP) is 3.24. The molecule has 0 heterocycles. The fourth-order valence-electron chi connectivity index (χ4n) is 2.39. The Kier molecular flexibility index (Phi) is 6.65. The van der Waals surface area contributed by atoms with Crippen LogP contribution in [-0.2, 0) is 17.6 Å². The van der Waals surface area contributed by atoms with E-state index in [2.05, 4.69) is 29.6 Å². The van der Waals surface area contributed by atoms with Gasteiger partial charge in [0.05, 0.1) is 12.7 Å². The minimum atomic E-state index is -0.280. The number of ether oxygens (including phenoxy) is 1. The molecule has 1 N–H and O–H groups in total. The number of benzene rings is 2. The molecule has 2 rings (SSSR count). The van der Waals surface area contributed by atoms with Crippen molar-refractivity contribution in [3.05, 3.63) is 71.3 Å². The van der Waals surface area contributed by atoms with E-state index in [1.165, 1.54) is 12.7 Å². The van der Waals surface area contributed by atoms with Crippen molar-refractivity contribution in [2.75, 3.05) is 20.2 Å². The first-order valence-corrected chi connectivity index (χ1v) is 7.71. The molecule has 0 aromatic heterocycles. The van der Waals surface area contributed by atoms with Crippen LogP contribution < -0.4 is 5.32 Å². The van der Waals surface area contributed by atoms with Crippen LogP contribution in [0.15, 0.2) is 54.6 Å². The zero-order valence-corrected chi connectivity index (χ0v) is 13.0. The maximum absolute atomic E-state index is 11.5. The summed E-state index contributed by atoms with van der Waals surface area (Å²) < 4.78 is 4.74. The highest BCUT2D eigenvalue weighted by Gasteiger charge is 2.05. The van der Waals surface area contributed by atoms with Gasteiger partial charge in [0.25, 0.3) is 0 Å². The van der Waals surface area contributed by atoms with E-state index in [1.54, 1.807) is 6.07 Å². The average molecular weight is 297 g/mol. The van der Waals surface area contributed by atoms with E-state index in [0.717, 1.165) is 37.9 Å². The molecule has 0 amide bonds. The van der Waals surface area contributed by atoms with Gasteiger partial charge < -0.3 is 10.1 Å². The smallest absolute Gasteiger partial charge is 0.337 e. The average Bonchev–Trinajstić information content (AvgIpc) is 2.58. The highest BCUT2D eigenvalue weighted by Crippen LogP contribution is 2.07. The molecule has 0 bridgehead atoms. The second-order valence-corrected chi connectivity index (χ2v) is 5.28. The minimum Gasteiger partial charge on any atom is -0.465 e. The first-order valence-electron chi connectivity index (χ1n) is 7.71. The summed E-state index contributed by atoms with van der Waals surface area (Å²) in [6.45, 7) is 1.92. The Morgan fingerprint density at radius 1 is 0.955 bits per heavy atom. The van der Waals surface area contributed by atoms with Gasteiger partial charge in [-0.05, 0) is 55.6 Å². The normalized spacial score (nSPS) is 10.4. The standard InChI is InChI=1S/C19H23NO2/c1-22-19(21)18-11-5-9-17(15-18)12-14-20-13-6-10-16-7-3-2-4-8-16/h2-5,7-9,11,15,20H,6,10,12-14H2,1H3. The van der Waals surface area contributed by atoms with Crippen molar-refractivity contribution in [1.82, 2.24) is 5.32 Å². The Bertz CT molecular complexity index is 581. The van der Waals surface area contributed by atoms with Gasteiger partial charge >= 0.3 is 5.97 Å². The minimum absolute atomic E-state index is 0.280. The Balaban J connectivity index is 1.65. The van der Waals surface area contributed by atoms with Crippen LogP contribution in [0, 0.1) is 0 Å². The number of hydrogen-bond acceptors (Lipinski definition) is 3. The van der Waals surface area contributed by atoms with Gasteiger partial charge in [-0.2, -0.15) is 0 Å². The third-order valence-electron chi connectivity index (χ3n) is 3.60.